The van der Waals surface area contributed by atoms with Gasteiger partial charge in [0.2, 0.25) is 12.2 Å². The zero-order valence-corrected chi connectivity index (χ0v) is 12.8. The van der Waals surface area contributed by atoms with Crippen molar-refractivity contribution >= 4 is 17.6 Å². The first-order chi connectivity index (χ1) is 11.5. The highest BCUT2D eigenvalue weighted by Crippen LogP contribution is 2.34. The van der Waals surface area contributed by atoms with Crippen LogP contribution in [0.15, 0.2) is 24.3 Å². The fourth-order valence-corrected chi connectivity index (χ4v) is 2.95. The monoisotopic (exact) mass is 337 g/mol. The maximum atomic E-state index is 12.1. The molecule has 1 unspecified atom stereocenters. The summed E-state index contributed by atoms with van der Waals surface area (Å²) >= 11 is 0. The zero-order chi connectivity index (χ0) is 17.3. The number of amides is 1. The van der Waals surface area contributed by atoms with Crippen LogP contribution in [0.3, 0.4) is 0 Å². The Balaban J connectivity index is 1.64. The quantitative estimate of drug-likeness (QED) is 0.545. The molecule has 0 saturated carbocycles. The number of carbonyl (C=O) groups excluding carboxylic acids is 2. The predicted octanol–water partition coefficient (Wildman–Crippen LogP) is -0.515. The van der Waals surface area contributed by atoms with Crippen LogP contribution in [0.1, 0.15) is 24.3 Å². The number of benzene rings is 1. The Kier molecular flexibility index (Phi) is 4.81. The molecule has 2 heterocycles. The van der Waals surface area contributed by atoms with E-state index in [0.29, 0.717) is 11.3 Å². The first-order valence-electron chi connectivity index (χ1n) is 7.71. The van der Waals surface area contributed by atoms with Crippen molar-refractivity contribution in [3.63, 3.8) is 0 Å². The largest absolute Gasteiger partial charge is 0.433 e. The predicted molar refractivity (Wildman–Crippen MR) is 80.9 cm³/mol. The summed E-state index contributed by atoms with van der Waals surface area (Å²) in [6, 6.07) is 7.05. The van der Waals surface area contributed by atoms with Crippen LogP contribution in [-0.4, -0.2) is 58.4 Å². The number of esters is 1. The molecule has 0 radical (unpaired) electrons. The Bertz CT molecular complexity index is 635. The molecule has 1 aromatic carbocycles. The summed E-state index contributed by atoms with van der Waals surface area (Å²) in [5.41, 5.74) is 1.36. The van der Waals surface area contributed by atoms with Crippen molar-refractivity contribution in [3.8, 4) is 0 Å². The third kappa shape index (κ3) is 3.27. The van der Waals surface area contributed by atoms with Crippen LogP contribution in [0.2, 0.25) is 0 Å². The number of para-hydroxylation sites is 1. The van der Waals surface area contributed by atoms with Gasteiger partial charge in [-0.1, -0.05) is 18.2 Å². The van der Waals surface area contributed by atoms with Gasteiger partial charge in [0, 0.05) is 12.1 Å². The maximum Gasteiger partial charge on any atom is 0.309 e. The summed E-state index contributed by atoms with van der Waals surface area (Å²) in [6.45, 7) is -0.365. The van der Waals surface area contributed by atoms with Crippen LogP contribution in [0.25, 0.3) is 0 Å². The Hall–Kier alpha value is -2.00. The van der Waals surface area contributed by atoms with E-state index in [1.165, 1.54) is 0 Å². The van der Waals surface area contributed by atoms with Gasteiger partial charge in [0.15, 0.2) is 0 Å². The van der Waals surface area contributed by atoms with Gasteiger partial charge in [0.05, 0.1) is 31.2 Å². The van der Waals surface area contributed by atoms with Gasteiger partial charge in [0.25, 0.3) is 0 Å². The molecule has 8 heteroatoms. The number of carbonyl (C=O) groups is 2. The smallest absolute Gasteiger partial charge is 0.309 e. The lowest BCUT2D eigenvalue weighted by atomic mass is 9.97. The SMILES string of the molecule is O=C(CC1C(=O)Nc2ccccc21)O[C@@H]1O[C@H](CO)C[C@H](O)[C@H]1O. The number of hydrogen-bond acceptors (Lipinski definition) is 7. The number of nitrogens with one attached hydrogen (secondary N) is 1. The lowest BCUT2D eigenvalue weighted by Gasteiger charge is -2.35. The number of aliphatic hydroxyl groups excluding tert-OH is 3. The summed E-state index contributed by atoms with van der Waals surface area (Å²) < 4.78 is 10.3. The first kappa shape index (κ1) is 16.8. The van der Waals surface area contributed by atoms with E-state index < -0.39 is 36.5 Å². The Labute approximate surface area is 138 Å². The molecule has 0 aliphatic carbocycles. The third-order valence-electron chi connectivity index (χ3n) is 4.24. The summed E-state index contributed by atoms with van der Waals surface area (Å²) in [7, 11) is 0. The van der Waals surface area contributed by atoms with Gasteiger partial charge in [0.1, 0.15) is 6.10 Å². The first-order valence-corrected chi connectivity index (χ1v) is 7.71. The van der Waals surface area contributed by atoms with E-state index in [0.717, 1.165) is 0 Å². The molecule has 0 bridgehead atoms. The van der Waals surface area contributed by atoms with Crippen LogP contribution < -0.4 is 5.32 Å². The van der Waals surface area contributed by atoms with E-state index in [2.05, 4.69) is 5.32 Å². The molecule has 0 spiro atoms. The fourth-order valence-electron chi connectivity index (χ4n) is 2.95. The van der Waals surface area contributed by atoms with Gasteiger partial charge in [-0.3, -0.25) is 9.59 Å². The van der Waals surface area contributed by atoms with Crippen LogP contribution in [0, 0.1) is 0 Å². The minimum absolute atomic E-state index is 0.0458. The van der Waals surface area contributed by atoms with Crippen LogP contribution in [-0.2, 0) is 19.1 Å². The average molecular weight is 337 g/mol. The van der Waals surface area contributed by atoms with Crippen molar-refractivity contribution < 1.29 is 34.4 Å². The van der Waals surface area contributed by atoms with E-state index in [9.17, 15) is 19.8 Å². The van der Waals surface area contributed by atoms with Crippen molar-refractivity contribution in [1.82, 2.24) is 0 Å². The molecule has 130 valence electrons. The van der Waals surface area contributed by atoms with Crippen LogP contribution in [0.4, 0.5) is 5.69 Å². The lowest BCUT2D eigenvalue weighted by Crippen LogP contribution is -2.51. The number of rotatable bonds is 4. The second-order valence-electron chi connectivity index (χ2n) is 5.93. The minimum atomic E-state index is -1.40. The molecule has 1 saturated heterocycles. The molecular weight excluding hydrogens is 318 g/mol. The molecule has 2 aliphatic rings. The summed E-state index contributed by atoms with van der Waals surface area (Å²) in [6.07, 6.45) is -4.83. The van der Waals surface area contributed by atoms with Gasteiger partial charge in [-0.25, -0.2) is 0 Å². The molecule has 0 aromatic heterocycles. The second kappa shape index (κ2) is 6.86. The Morgan fingerprint density at radius 2 is 2.08 bits per heavy atom. The zero-order valence-electron chi connectivity index (χ0n) is 12.8. The highest BCUT2D eigenvalue weighted by atomic mass is 16.7. The Morgan fingerprint density at radius 3 is 2.83 bits per heavy atom. The topological polar surface area (TPSA) is 125 Å². The Morgan fingerprint density at radius 1 is 1.33 bits per heavy atom. The number of aliphatic hydroxyl groups is 3. The molecule has 1 amide bonds. The molecule has 24 heavy (non-hydrogen) atoms. The standard InChI is InChI=1S/C16H19NO7/c18-7-8-5-12(19)14(21)16(23-8)24-13(20)6-10-9-3-1-2-4-11(9)17-15(10)22/h1-4,8,10,12,14,16,18-19,21H,5-7H2,(H,17,22)/t8-,10?,12-,14+,16-/m0/s1. The van der Waals surface area contributed by atoms with Crippen molar-refractivity contribution in [2.24, 2.45) is 0 Å². The van der Waals surface area contributed by atoms with E-state index in [-0.39, 0.29) is 25.4 Å². The van der Waals surface area contributed by atoms with Crippen molar-refractivity contribution in [1.29, 1.82) is 0 Å². The van der Waals surface area contributed by atoms with Crippen molar-refractivity contribution in [2.75, 3.05) is 11.9 Å². The normalized spacial score (nSPS) is 32.1. The number of hydrogen-bond donors (Lipinski definition) is 4. The maximum absolute atomic E-state index is 12.1. The minimum Gasteiger partial charge on any atom is -0.433 e. The highest BCUT2D eigenvalue weighted by molar-refractivity contribution is 6.04. The number of ether oxygens (including phenoxy) is 2. The molecule has 4 N–H and O–H groups in total. The summed E-state index contributed by atoms with van der Waals surface area (Å²) in [5.74, 6) is -1.71. The van der Waals surface area contributed by atoms with Gasteiger partial charge in [-0.2, -0.15) is 0 Å². The van der Waals surface area contributed by atoms with Crippen LogP contribution in [0.5, 0.6) is 0 Å². The molecule has 1 aromatic rings. The molecular formula is C16H19NO7. The molecule has 2 aliphatic heterocycles. The molecule has 5 atom stereocenters. The lowest BCUT2D eigenvalue weighted by molar-refractivity contribution is -0.263. The highest BCUT2D eigenvalue weighted by Gasteiger charge is 2.40. The second-order valence-corrected chi connectivity index (χ2v) is 5.93. The van der Waals surface area contributed by atoms with Crippen LogP contribution >= 0.6 is 0 Å². The average Bonchev–Trinajstić information content (AvgIpc) is 2.87. The third-order valence-corrected chi connectivity index (χ3v) is 4.24. The van der Waals surface area contributed by atoms with Crippen molar-refractivity contribution in [3.05, 3.63) is 29.8 Å². The van der Waals surface area contributed by atoms with E-state index in [4.69, 9.17) is 14.6 Å². The van der Waals surface area contributed by atoms with Gasteiger partial charge in [-0.15, -0.1) is 0 Å². The van der Waals surface area contributed by atoms with E-state index >= 15 is 0 Å². The van der Waals surface area contributed by atoms with Gasteiger partial charge in [-0.05, 0) is 11.6 Å². The van der Waals surface area contributed by atoms with Gasteiger partial charge >= 0.3 is 5.97 Å². The number of fused-ring (bicyclic) bond motifs is 1. The van der Waals surface area contributed by atoms with E-state index in [1.807, 2.05) is 0 Å². The van der Waals surface area contributed by atoms with Gasteiger partial charge < -0.3 is 30.1 Å². The summed E-state index contributed by atoms with van der Waals surface area (Å²) in [5, 5.41) is 31.4. The van der Waals surface area contributed by atoms with Crippen molar-refractivity contribution in [2.45, 2.75) is 43.4 Å². The fraction of sp³-hybridized carbons (Fsp3) is 0.500. The van der Waals surface area contributed by atoms with E-state index in [1.54, 1.807) is 24.3 Å². The molecule has 3 rings (SSSR count). The molecule has 1 fully saturated rings. The number of anilines is 1. The summed E-state index contributed by atoms with van der Waals surface area (Å²) in [4.78, 5) is 24.1. The molecule has 8 nitrogen and oxygen atoms in total.